The molecule has 1 aliphatic rings. The lowest BCUT2D eigenvalue weighted by molar-refractivity contribution is -0.384. The van der Waals surface area contributed by atoms with Crippen LogP contribution < -0.4 is 10.2 Å². The zero-order valence-corrected chi connectivity index (χ0v) is 20.0. The summed E-state index contributed by atoms with van der Waals surface area (Å²) in [7, 11) is 0. The first-order chi connectivity index (χ1) is 18.1. The minimum Gasteiger partial charge on any atom is -0.366 e. The first-order valence-corrected chi connectivity index (χ1v) is 12.3. The summed E-state index contributed by atoms with van der Waals surface area (Å²) in [6, 6.07) is 24.0. The Labute approximate surface area is 212 Å². The molecule has 0 bridgehead atoms. The fourth-order valence-electron chi connectivity index (χ4n) is 4.90. The van der Waals surface area contributed by atoms with E-state index < -0.39 is 10.8 Å². The van der Waals surface area contributed by atoms with E-state index >= 15 is 0 Å². The number of nitrogens with one attached hydrogen (secondary N) is 1. The predicted molar refractivity (Wildman–Crippen MR) is 143 cm³/mol. The van der Waals surface area contributed by atoms with E-state index in [2.05, 4.69) is 15.5 Å². The molecule has 2 heterocycles. The molecule has 0 spiro atoms. The van der Waals surface area contributed by atoms with Crippen LogP contribution in [0.2, 0.25) is 0 Å². The van der Waals surface area contributed by atoms with Crippen molar-refractivity contribution in [3.05, 3.63) is 94.5 Å². The summed E-state index contributed by atoms with van der Waals surface area (Å²) in [6.07, 6.45) is 3.14. The summed E-state index contributed by atoms with van der Waals surface area (Å²) in [6.45, 7) is 1.57. The van der Waals surface area contributed by atoms with Gasteiger partial charge in [0.1, 0.15) is 16.7 Å². The van der Waals surface area contributed by atoms with Gasteiger partial charge in [-0.15, -0.1) is 15.0 Å². The number of piperidine rings is 1. The first kappa shape index (κ1) is 22.7. The van der Waals surface area contributed by atoms with Gasteiger partial charge in [0.15, 0.2) is 0 Å². The van der Waals surface area contributed by atoms with Crippen molar-refractivity contribution in [2.75, 3.05) is 23.3 Å². The third-order valence-corrected chi connectivity index (χ3v) is 6.75. The number of carbonyl (C=O) groups is 1. The molecular weight excluding hydrogens is 468 g/mol. The Kier molecular flexibility index (Phi) is 5.72. The molecule has 1 saturated heterocycles. The average Bonchev–Trinajstić information content (AvgIpc) is 3.36. The maximum absolute atomic E-state index is 13.0. The third kappa shape index (κ3) is 4.35. The van der Waals surface area contributed by atoms with E-state index in [-0.39, 0.29) is 11.3 Å². The van der Waals surface area contributed by atoms with Crippen LogP contribution >= 0.6 is 0 Å². The molecule has 4 aromatic carbocycles. The number of rotatable bonds is 5. The molecule has 184 valence electrons. The molecule has 0 saturated carbocycles. The monoisotopic (exact) mass is 492 g/mol. The van der Waals surface area contributed by atoms with Crippen molar-refractivity contribution in [2.45, 2.75) is 19.3 Å². The fraction of sp³-hybridized carbons (Fsp3) is 0.179. The van der Waals surface area contributed by atoms with Crippen LogP contribution in [0.15, 0.2) is 78.9 Å². The maximum atomic E-state index is 13.0. The van der Waals surface area contributed by atoms with E-state index in [1.54, 1.807) is 35.1 Å². The number of hydrogen-bond acceptors (Lipinski definition) is 6. The van der Waals surface area contributed by atoms with E-state index in [0.29, 0.717) is 22.4 Å². The van der Waals surface area contributed by atoms with Crippen LogP contribution in [0.5, 0.6) is 0 Å². The quantitative estimate of drug-likeness (QED) is 0.248. The van der Waals surface area contributed by atoms with Gasteiger partial charge in [0.05, 0.1) is 10.6 Å². The lowest BCUT2D eigenvalue weighted by Gasteiger charge is -2.28. The van der Waals surface area contributed by atoms with Crippen molar-refractivity contribution in [1.29, 1.82) is 0 Å². The van der Waals surface area contributed by atoms with E-state index in [1.165, 1.54) is 6.07 Å². The standard InChI is InChI=1S/C28H24N6O3/c35-28(20-11-14-26(27(17-20)34(36)37)32-15-4-1-5-16-32)29-21-12-13-23-24(18-21)31-33(30-23)25-10-6-8-19-7-2-3-9-22(19)25/h2-3,6-14,17-18H,1,4-5,15-16H2,(H,29,35). The first-order valence-electron chi connectivity index (χ1n) is 12.3. The number of nitro groups is 1. The third-order valence-electron chi connectivity index (χ3n) is 6.75. The molecular formula is C28H24N6O3. The molecule has 1 fully saturated rings. The van der Waals surface area contributed by atoms with Crippen LogP contribution in [0.1, 0.15) is 29.6 Å². The van der Waals surface area contributed by atoms with E-state index in [0.717, 1.165) is 48.8 Å². The number of anilines is 2. The number of hydrogen-bond donors (Lipinski definition) is 1. The lowest BCUT2D eigenvalue weighted by atomic mass is 10.1. The number of amides is 1. The molecule has 1 amide bonds. The van der Waals surface area contributed by atoms with Crippen LogP contribution in [0.4, 0.5) is 17.1 Å². The van der Waals surface area contributed by atoms with Gasteiger partial charge in [-0.05, 0) is 61.0 Å². The Morgan fingerprint density at radius 1 is 0.838 bits per heavy atom. The van der Waals surface area contributed by atoms with E-state index in [4.69, 9.17) is 0 Å². The molecule has 6 rings (SSSR count). The molecule has 0 unspecified atom stereocenters. The normalized spacial score (nSPS) is 13.7. The highest BCUT2D eigenvalue weighted by atomic mass is 16.6. The topological polar surface area (TPSA) is 106 Å². The Bertz CT molecular complexity index is 1650. The SMILES string of the molecule is O=C(Nc1ccc2nn(-c3cccc4ccccc34)nc2c1)c1ccc(N2CCCCC2)c([N+](=O)[O-])c1. The second kappa shape index (κ2) is 9.34. The highest BCUT2D eigenvalue weighted by Crippen LogP contribution is 2.32. The van der Waals surface area contributed by atoms with Gasteiger partial charge in [0.2, 0.25) is 0 Å². The summed E-state index contributed by atoms with van der Waals surface area (Å²) < 4.78 is 0. The van der Waals surface area contributed by atoms with Crippen LogP contribution in [0, 0.1) is 10.1 Å². The highest BCUT2D eigenvalue weighted by molar-refractivity contribution is 6.05. The minimum absolute atomic E-state index is 0.0527. The van der Waals surface area contributed by atoms with Crippen molar-refractivity contribution in [3.63, 3.8) is 0 Å². The number of nitro benzene ring substituents is 1. The summed E-state index contributed by atoms with van der Waals surface area (Å²) in [5.41, 5.74) is 3.44. The summed E-state index contributed by atoms with van der Waals surface area (Å²) in [5.74, 6) is -0.422. The molecule has 0 atom stereocenters. The van der Waals surface area contributed by atoms with Gasteiger partial charge < -0.3 is 10.2 Å². The number of benzene rings is 4. The molecule has 37 heavy (non-hydrogen) atoms. The van der Waals surface area contributed by atoms with Crippen molar-refractivity contribution < 1.29 is 9.72 Å². The number of aromatic nitrogens is 3. The van der Waals surface area contributed by atoms with Gasteiger partial charge >= 0.3 is 0 Å². The van der Waals surface area contributed by atoms with E-state index in [9.17, 15) is 14.9 Å². The zero-order valence-electron chi connectivity index (χ0n) is 20.0. The van der Waals surface area contributed by atoms with Crippen LogP contribution in [-0.2, 0) is 0 Å². The second-order valence-corrected chi connectivity index (χ2v) is 9.15. The molecule has 0 aliphatic carbocycles. The molecule has 5 aromatic rings. The van der Waals surface area contributed by atoms with Crippen LogP contribution in [0.25, 0.3) is 27.5 Å². The smallest absolute Gasteiger partial charge is 0.293 e. The Morgan fingerprint density at radius 2 is 1.62 bits per heavy atom. The summed E-state index contributed by atoms with van der Waals surface area (Å²) in [5, 5.41) is 26.0. The minimum atomic E-state index is -0.422. The lowest BCUT2D eigenvalue weighted by Crippen LogP contribution is -2.30. The number of fused-ring (bicyclic) bond motifs is 2. The molecule has 1 N–H and O–H groups in total. The Hall–Kier alpha value is -4.79. The molecule has 9 nitrogen and oxygen atoms in total. The van der Waals surface area contributed by atoms with E-state index in [1.807, 2.05) is 47.4 Å². The fourth-order valence-corrected chi connectivity index (χ4v) is 4.90. The molecule has 9 heteroatoms. The van der Waals surface area contributed by atoms with Crippen molar-refractivity contribution in [1.82, 2.24) is 15.0 Å². The zero-order chi connectivity index (χ0) is 25.4. The predicted octanol–water partition coefficient (Wildman–Crippen LogP) is 5.72. The maximum Gasteiger partial charge on any atom is 0.293 e. The van der Waals surface area contributed by atoms with Crippen LogP contribution in [-0.4, -0.2) is 38.9 Å². The van der Waals surface area contributed by atoms with Gasteiger partial charge in [-0.25, -0.2) is 0 Å². The van der Waals surface area contributed by atoms with Gasteiger partial charge in [-0.1, -0.05) is 36.4 Å². The summed E-state index contributed by atoms with van der Waals surface area (Å²) in [4.78, 5) is 28.0. The van der Waals surface area contributed by atoms with Gasteiger partial charge in [-0.3, -0.25) is 14.9 Å². The van der Waals surface area contributed by atoms with Gasteiger partial charge in [-0.2, -0.15) is 0 Å². The number of nitrogens with zero attached hydrogens (tertiary/aromatic N) is 5. The van der Waals surface area contributed by atoms with Crippen molar-refractivity contribution in [2.24, 2.45) is 0 Å². The Balaban J connectivity index is 1.27. The molecule has 0 radical (unpaired) electrons. The summed E-state index contributed by atoms with van der Waals surface area (Å²) >= 11 is 0. The largest absolute Gasteiger partial charge is 0.366 e. The van der Waals surface area contributed by atoms with Gasteiger partial charge in [0, 0.05) is 35.8 Å². The average molecular weight is 493 g/mol. The second-order valence-electron chi connectivity index (χ2n) is 9.15. The van der Waals surface area contributed by atoms with Crippen molar-refractivity contribution in [3.8, 4) is 5.69 Å². The van der Waals surface area contributed by atoms with Crippen molar-refractivity contribution >= 4 is 44.8 Å². The van der Waals surface area contributed by atoms with Gasteiger partial charge in [0.25, 0.3) is 11.6 Å². The van der Waals surface area contributed by atoms with Crippen LogP contribution in [0.3, 0.4) is 0 Å². The highest BCUT2D eigenvalue weighted by Gasteiger charge is 2.23. The molecule has 1 aromatic heterocycles. The molecule has 1 aliphatic heterocycles. The Morgan fingerprint density at radius 3 is 2.46 bits per heavy atom. The number of carbonyl (C=O) groups excluding carboxylic acids is 1.